The van der Waals surface area contributed by atoms with Crippen molar-refractivity contribution in [2.24, 2.45) is 0 Å². The maximum absolute atomic E-state index is 14.2. The van der Waals surface area contributed by atoms with Crippen molar-refractivity contribution in [3.8, 4) is 11.5 Å². The van der Waals surface area contributed by atoms with Crippen LogP contribution >= 0.6 is 11.6 Å². The fourth-order valence-corrected chi connectivity index (χ4v) is 6.07. The van der Waals surface area contributed by atoms with Crippen molar-refractivity contribution in [3.63, 3.8) is 0 Å². The minimum absolute atomic E-state index is 0.0991. The van der Waals surface area contributed by atoms with Crippen molar-refractivity contribution in [3.05, 3.63) is 82.9 Å². The third kappa shape index (κ3) is 7.74. The number of anilines is 1. The van der Waals surface area contributed by atoms with Crippen molar-refractivity contribution in [2.75, 3.05) is 25.1 Å². The molecule has 0 aliphatic heterocycles. The first-order valence-electron chi connectivity index (χ1n) is 13.6. The van der Waals surface area contributed by atoms with Gasteiger partial charge in [-0.2, -0.15) is 0 Å². The van der Waals surface area contributed by atoms with Crippen LogP contribution in [-0.2, 0) is 26.2 Å². The maximum atomic E-state index is 14.2. The van der Waals surface area contributed by atoms with Gasteiger partial charge < -0.3 is 19.7 Å². The third-order valence-electron chi connectivity index (χ3n) is 6.76. The fourth-order valence-electron chi connectivity index (χ4n) is 4.51. The van der Waals surface area contributed by atoms with Gasteiger partial charge in [0.1, 0.15) is 12.6 Å². The van der Waals surface area contributed by atoms with E-state index in [-0.39, 0.29) is 34.8 Å². The molecule has 3 rings (SSSR count). The van der Waals surface area contributed by atoms with Gasteiger partial charge in [-0.1, -0.05) is 42.8 Å². The standard InChI is InChI=1S/C31H38ClN3O6S/c1-7-27(31(37)33-21(2)3)34(19-23-11-9-8-10-22(23)4)30(36)20-35(25-14-12-24(32)13-15-25)42(38,39)26-16-17-28(40-5)29(18-26)41-6/h8-18,21,27H,7,19-20H2,1-6H3,(H,33,37). The van der Waals surface area contributed by atoms with Gasteiger partial charge in [-0.05, 0) is 74.7 Å². The number of ether oxygens (including phenoxy) is 2. The largest absolute Gasteiger partial charge is 0.493 e. The molecule has 2 amide bonds. The molecule has 1 atom stereocenters. The minimum Gasteiger partial charge on any atom is -0.493 e. The molecule has 1 N–H and O–H groups in total. The van der Waals surface area contributed by atoms with Crippen LogP contribution in [0.2, 0.25) is 5.02 Å². The van der Waals surface area contributed by atoms with Crippen LogP contribution in [0.1, 0.15) is 38.3 Å². The van der Waals surface area contributed by atoms with E-state index in [1.54, 1.807) is 12.1 Å². The monoisotopic (exact) mass is 615 g/mol. The van der Waals surface area contributed by atoms with Gasteiger partial charge >= 0.3 is 0 Å². The number of hydrogen-bond acceptors (Lipinski definition) is 6. The number of halogens is 1. The molecule has 0 radical (unpaired) electrons. The molecule has 0 bridgehead atoms. The van der Waals surface area contributed by atoms with Crippen LogP contribution in [0.3, 0.4) is 0 Å². The van der Waals surface area contributed by atoms with Crippen LogP contribution in [-0.4, -0.2) is 58.0 Å². The van der Waals surface area contributed by atoms with Gasteiger partial charge in [0.15, 0.2) is 11.5 Å². The van der Waals surface area contributed by atoms with Crippen LogP contribution in [0.4, 0.5) is 5.69 Å². The molecule has 0 saturated carbocycles. The quantitative estimate of drug-likeness (QED) is 0.284. The summed E-state index contributed by atoms with van der Waals surface area (Å²) in [5.74, 6) is -0.270. The number of sulfonamides is 1. The number of hydrogen-bond donors (Lipinski definition) is 1. The number of nitrogens with zero attached hydrogens (tertiary/aromatic N) is 2. The van der Waals surface area contributed by atoms with E-state index >= 15 is 0 Å². The Hall–Kier alpha value is -3.76. The molecule has 0 heterocycles. The number of nitrogens with one attached hydrogen (secondary N) is 1. The lowest BCUT2D eigenvalue weighted by Crippen LogP contribution is -2.53. The van der Waals surface area contributed by atoms with Crippen LogP contribution in [0, 0.1) is 6.92 Å². The second-order valence-electron chi connectivity index (χ2n) is 10.0. The Bertz CT molecular complexity index is 1490. The molecule has 11 heteroatoms. The lowest BCUT2D eigenvalue weighted by molar-refractivity contribution is -0.140. The minimum atomic E-state index is -4.30. The number of amides is 2. The predicted molar refractivity (Wildman–Crippen MR) is 165 cm³/mol. The molecule has 226 valence electrons. The summed E-state index contributed by atoms with van der Waals surface area (Å²) >= 11 is 6.10. The van der Waals surface area contributed by atoms with Gasteiger partial charge in [-0.25, -0.2) is 8.42 Å². The van der Waals surface area contributed by atoms with Gasteiger partial charge in [0.2, 0.25) is 11.8 Å². The number of carbonyl (C=O) groups excluding carboxylic acids is 2. The van der Waals surface area contributed by atoms with Gasteiger partial charge in [0.25, 0.3) is 10.0 Å². The van der Waals surface area contributed by atoms with Crippen LogP contribution in [0.5, 0.6) is 11.5 Å². The van der Waals surface area contributed by atoms with E-state index < -0.39 is 28.5 Å². The highest BCUT2D eigenvalue weighted by Crippen LogP contribution is 2.33. The highest BCUT2D eigenvalue weighted by atomic mass is 35.5. The van der Waals surface area contributed by atoms with E-state index in [2.05, 4.69) is 5.32 Å². The zero-order chi connectivity index (χ0) is 31.0. The highest BCUT2D eigenvalue weighted by Gasteiger charge is 2.34. The fraction of sp³-hybridized carbons (Fsp3) is 0.355. The molecule has 0 aliphatic carbocycles. The van der Waals surface area contributed by atoms with Crippen molar-refractivity contribution in [1.29, 1.82) is 0 Å². The second-order valence-corrected chi connectivity index (χ2v) is 12.3. The highest BCUT2D eigenvalue weighted by molar-refractivity contribution is 7.92. The van der Waals surface area contributed by atoms with Gasteiger partial charge in [-0.3, -0.25) is 13.9 Å². The molecular formula is C31H38ClN3O6S. The molecule has 9 nitrogen and oxygen atoms in total. The summed E-state index contributed by atoms with van der Waals surface area (Å²) in [4.78, 5) is 28.8. The van der Waals surface area contributed by atoms with E-state index in [1.165, 1.54) is 49.5 Å². The average Bonchev–Trinajstić information content (AvgIpc) is 2.96. The molecule has 3 aromatic rings. The van der Waals surface area contributed by atoms with Gasteiger partial charge in [-0.15, -0.1) is 0 Å². The summed E-state index contributed by atoms with van der Waals surface area (Å²) in [7, 11) is -1.44. The van der Waals surface area contributed by atoms with Crippen LogP contribution in [0.15, 0.2) is 71.6 Å². The second kappa shape index (κ2) is 14.4. The maximum Gasteiger partial charge on any atom is 0.264 e. The van der Waals surface area contributed by atoms with E-state index in [0.717, 1.165) is 15.4 Å². The Morgan fingerprint density at radius 1 is 0.952 bits per heavy atom. The van der Waals surface area contributed by atoms with Gasteiger partial charge in [0, 0.05) is 23.7 Å². The normalized spacial score (nSPS) is 12.0. The van der Waals surface area contributed by atoms with Crippen molar-refractivity contribution >= 4 is 39.1 Å². The lowest BCUT2D eigenvalue weighted by atomic mass is 10.1. The first-order valence-corrected chi connectivity index (χ1v) is 15.4. The van der Waals surface area contributed by atoms with Crippen LogP contribution < -0.4 is 19.1 Å². The number of benzene rings is 3. The lowest BCUT2D eigenvalue weighted by Gasteiger charge is -2.34. The number of methoxy groups -OCH3 is 2. The Kier molecular flexibility index (Phi) is 11.2. The van der Waals surface area contributed by atoms with Gasteiger partial charge in [0.05, 0.1) is 24.8 Å². The Balaban J connectivity index is 2.11. The Morgan fingerprint density at radius 2 is 1.60 bits per heavy atom. The first-order chi connectivity index (χ1) is 19.9. The van der Waals surface area contributed by atoms with E-state index in [4.69, 9.17) is 21.1 Å². The zero-order valence-electron chi connectivity index (χ0n) is 24.8. The summed E-state index contributed by atoms with van der Waals surface area (Å²) in [6.45, 7) is 7.00. The van der Waals surface area contributed by atoms with E-state index in [1.807, 2.05) is 52.0 Å². The summed E-state index contributed by atoms with van der Waals surface area (Å²) in [5.41, 5.74) is 2.03. The summed E-state index contributed by atoms with van der Waals surface area (Å²) in [5, 5.41) is 3.30. The molecule has 0 saturated heterocycles. The number of rotatable bonds is 13. The molecule has 42 heavy (non-hydrogen) atoms. The first kappa shape index (κ1) is 32.8. The zero-order valence-corrected chi connectivity index (χ0v) is 26.3. The SMILES string of the molecule is CCC(C(=O)NC(C)C)N(Cc1ccccc1C)C(=O)CN(c1ccc(Cl)cc1)S(=O)(=O)c1ccc(OC)c(OC)c1. The molecule has 1 unspecified atom stereocenters. The van der Waals surface area contributed by atoms with Crippen molar-refractivity contribution < 1.29 is 27.5 Å². The average molecular weight is 616 g/mol. The Morgan fingerprint density at radius 3 is 2.17 bits per heavy atom. The van der Waals surface area contributed by atoms with Crippen molar-refractivity contribution in [1.82, 2.24) is 10.2 Å². The molecule has 0 aliphatic rings. The third-order valence-corrected chi connectivity index (χ3v) is 8.78. The van der Waals surface area contributed by atoms with E-state index in [9.17, 15) is 18.0 Å². The molecule has 0 fully saturated rings. The van der Waals surface area contributed by atoms with Crippen LogP contribution in [0.25, 0.3) is 0 Å². The topological polar surface area (TPSA) is 105 Å². The molecule has 0 spiro atoms. The molecular weight excluding hydrogens is 578 g/mol. The number of carbonyl (C=O) groups is 2. The molecule has 0 aromatic heterocycles. The number of aryl methyl sites for hydroxylation is 1. The predicted octanol–water partition coefficient (Wildman–Crippen LogP) is 5.19. The Labute approximate surface area is 253 Å². The summed E-state index contributed by atoms with van der Waals surface area (Å²) < 4.78 is 39.9. The summed E-state index contributed by atoms with van der Waals surface area (Å²) in [6, 6.07) is 17.0. The molecule has 3 aromatic carbocycles. The smallest absolute Gasteiger partial charge is 0.264 e. The van der Waals surface area contributed by atoms with Crippen molar-refractivity contribution in [2.45, 2.75) is 57.6 Å². The van der Waals surface area contributed by atoms with E-state index in [0.29, 0.717) is 17.2 Å². The summed E-state index contributed by atoms with van der Waals surface area (Å²) in [6.07, 6.45) is 0.333.